The largest absolute Gasteiger partial charge is 0.508 e. The van der Waals surface area contributed by atoms with Crippen LogP contribution in [0.15, 0.2) is 36.4 Å². The maximum Gasteiger partial charge on any atom is 0.177 e. The van der Waals surface area contributed by atoms with Gasteiger partial charge >= 0.3 is 0 Å². The molecule has 17 heavy (non-hydrogen) atoms. The summed E-state index contributed by atoms with van der Waals surface area (Å²) in [5, 5.41) is 28.3. The standard InChI is InChI=1S/C13H12O4/c14-9-6-10(15)12(11(16)7-9)13(17)8-4-2-1-3-5-8/h1-4,6-8,14-16H,5H2. The lowest BCUT2D eigenvalue weighted by molar-refractivity contribution is 0.0940. The number of hydrogen-bond acceptors (Lipinski definition) is 4. The van der Waals surface area contributed by atoms with Crippen LogP contribution < -0.4 is 0 Å². The first kappa shape index (κ1) is 11.3. The van der Waals surface area contributed by atoms with Crippen molar-refractivity contribution in [2.24, 2.45) is 5.92 Å². The van der Waals surface area contributed by atoms with Crippen molar-refractivity contribution < 1.29 is 20.1 Å². The molecule has 0 spiro atoms. The Morgan fingerprint density at radius 3 is 2.29 bits per heavy atom. The van der Waals surface area contributed by atoms with Crippen molar-refractivity contribution in [2.75, 3.05) is 0 Å². The number of Topliss-reactive ketones (excluding diaryl/α,β-unsaturated/α-hetero) is 1. The summed E-state index contributed by atoms with van der Waals surface area (Å²) in [7, 11) is 0. The first-order valence-corrected chi connectivity index (χ1v) is 5.22. The van der Waals surface area contributed by atoms with Gasteiger partial charge in [0.15, 0.2) is 5.78 Å². The number of hydrogen-bond donors (Lipinski definition) is 3. The minimum Gasteiger partial charge on any atom is -0.508 e. The Kier molecular flexibility index (Phi) is 2.87. The smallest absolute Gasteiger partial charge is 0.177 e. The number of benzene rings is 1. The summed E-state index contributed by atoms with van der Waals surface area (Å²) >= 11 is 0. The Bertz CT molecular complexity index is 491. The molecular formula is C13H12O4. The molecule has 0 amide bonds. The topological polar surface area (TPSA) is 77.8 Å². The summed E-state index contributed by atoms with van der Waals surface area (Å²) in [4.78, 5) is 12.1. The van der Waals surface area contributed by atoms with Gasteiger partial charge in [-0.2, -0.15) is 0 Å². The van der Waals surface area contributed by atoms with Gasteiger partial charge in [0.2, 0.25) is 0 Å². The number of allylic oxidation sites excluding steroid dienone is 4. The maximum atomic E-state index is 12.1. The van der Waals surface area contributed by atoms with E-state index in [-0.39, 0.29) is 23.0 Å². The fourth-order valence-electron chi connectivity index (χ4n) is 1.81. The fraction of sp³-hybridized carbons (Fsp3) is 0.154. The number of rotatable bonds is 2. The first-order valence-electron chi connectivity index (χ1n) is 5.22. The van der Waals surface area contributed by atoms with E-state index in [2.05, 4.69) is 0 Å². The zero-order valence-electron chi connectivity index (χ0n) is 9.00. The van der Waals surface area contributed by atoms with E-state index >= 15 is 0 Å². The van der Waals surface area contributed by atoms with Crippen molar-refractivity contribution in [2.45, 2.75) is 6.42 Å². The average molecular weight is 232 g/mol. The van der Waals surface area contributed by atoms with Gasteiger partial charge in [-0.15, -0.1) is 0 Å². The summed E-state index contributed by atoms with van der Waals surface area (Å²) in [6.07, 6.45) is 7.68. The van der Waals surface area contributed by atoms with Crippen LogP contribution in [0.4, 0.5) is 0 Å². The van der Waals surface area contributed by atoms with E-state index in [1.54, 1.807) is 12.2 Å². The highest BCUT2D eigenvalue weighted by Gasteiger charge is 2.24. The van der Waals surface area contributed by atoms with Gasteiger partial charge in [-0.05, 0) is 6.42 Å². The van der Waals surface area contributed by atoms with Gasteiger partial charge in [-0.25, -0.2) is 0 Å². The van der Waals surface area contributed by atoms with Crippen molar-refractivity contribution in [1.29, 1.82) is 0 Å². The molecule has 0 saturated heterocycles. The van der Waals surface area contributed by atoms with Gasteiger partial charge in [0, 0.05) is 18.1 Å². The summed E-state index contributed by atoms with van der Waals surface area (Å²) < 4.78 is 0. The molecular weight excluding hydrogens is 220 g/mol. The normalized spacial score (nSPS) is 18.2. The zero-order chi connectivity index (χ0) is 12.4. The molecule has 2 rings (SSSR count). The Labute approximate surface area is 98.1 Å². The van der Waals surface area contributed by atoms with Crippen LogP contribution in [0.5, 0.6) is 17.2 Å². The summed E-state index contributed by atoms with van der Waals surface area (Å²) in [6, 6.07) is 2.07. The van der Waals surface area contributed by atoms with Crippen LogP contribution in [-0.4, -0.2) is 21.1 Å². The molecule has 1 aromatic rings. The Hall–Kier alpha value is -2.23. The molecule has 0 saturated carbocycles. The Balaban J connectivity index is 2.37. The molecule has 3 N–H and O–H groups in total. The van der Waals surface area contributed by atoms with Crippen LogP contribution in [0.25, 0.3) is 0 Å². The molecule has 1 aliphatic rings. The minimum absolute atomic E-state index is 0.146. The minimum atomic E-state index is -0.407. The van der Waals surface area contributed by atoms with Crippen LogP contribution in [0.2, 0.25) is 0 Å². The second kappa shape index (κ2) is 4.33. The molecule has 1 atom stereocenters. The molecule has 0 heterocycles. The van der Waals surface area contributed by atoms with Crippen molar-refractivity contribution in [3.05, 3.63) is 42.0 Å². The highest BCUT2D eigenvalue weighted by molar-refractivity contribution is 6.03. The Morgan fingerprint density at radius 1 is 1.12 bits per heavy atom. The lowest BCUT2D eigenvalue weighted by Crippen LogP contribution is -2.13. The summed E-state index contributed by atoms with van der Waals surface area (Å²) in [5.41, 5.74) is -0.146. The van der Waals surface area contributed by atoms with E-state index in [0.29, 0.717) is 6.42 Å². The lowest BCUT2D eigenvalue weighted by Gasteiger charge is -2.14. The van der Waals surface area contributed by atoms with Crippen LogP contribution in [-0.2, 0) is 0 Å². The lowest BCUT2D eigenvalue weighted by atomic mass is 9.91. The van der Waals surface area contributed by atoms with Crippen LogP contribution in [0.1, 0.15) is 16.8 Å². The molecule has 4 heteroatoms. The average Bonchev–Trinajstić information content (AvgIpc) is 2.28. The molecule has 1 unspecified atom stereocenters. The highest BCUT2D eigenvalue weighted by atomic mass is 16.3. The second-order valence-electron chi connectivity index (χ2n) is 3.88. The van der Waals surface area contributed by atoms with Gasteiger partial charge in [0.1, 0.15) is 22.8 Å². The summed E-state index contributed by atoms with van der Waals surface area (Å²) in [6.45, 7) is 0. The highest BCUT2D eigenvalue weighted by Crippen LogP contribution is 2.34. The third-order valence-electron chi connectivity index (χ3n) is 2.65. The molecule has 0 aromatic heterocycles. The van der Waals surface area contributed by atoms with Gasteiger partial charge in [0.25, 0.3) is 0 Å². The quantitative estimate of drug-likeness (QED) is 0.682. The number of phenolic OH excluding ortho intramolecular Hbond substituents is 3. The number of carbonyl (C=O) groups excluding carboxylic acids is 1. The molecule has 0 aliphatic heterocycles. The van der Waals surface area contributed by atoms with E-state index in [4.69, 9.17) is 5.11 Å². The predicted molar refractivity (Wildman–Crippen MR) is 62.2 cm³/mol. The molecule has 88 valence electrons. The number of phenols is 3. The molecule has 1 aromatic carbocycles. The van der Waals surface area contributed by atoms with E-state index in [0.717, 1.165) is 12.1 Å². The van der Waals surface area contributed by atoms with E-state index in [9.17, 15) is 15.0 Å². The predicted octanol–water partition coefficient (Wildman–Crippen LogP) is 2.12. The molecule has 0 fully saturated rings. The zero-order valence-corrected chi connectivity index (χ0v) is 9.00. The second-order valence-corrected chi connectivity index (χ2v) is 3.88. The number of ketones is 1. The van der Waals surface area contributed by atoms with Crippen LogP contribution in [0, 0.1) is 5.92 Å². The van der Waals surface area contributed by atoms with Crippen molar-refractivity contribution in [1.82, 2.24) is 0 Å². The van der Waals surface area contributed by atoms with E-state index in [1.165, 1.54) is 0 Å². The van der Waals surface area contributed by atoms with Crippen LogP contribution >= 0.6 is 0 Å². The van der Waals surface area contributed by atoms with Gasteiger partial charge in [-0.1, -0.05) is 24.3 Å². The molecule has 0 radical (unpaired) electrons. The molecule has 4 nitrogen and oxygen atoms in total. The Morgan fingerprint density at radius 2 is 1.76 bits per heavy atom. The SMILES string of the molecule is O=C(c1c(O)cc(O)cc1O)C1C=CC=CC1. The van der Waals surface area contributed by atoms with Crippen LogP contribution in [0.3, 0.4) is 0 Å². The maximum absolute atomic E-state index is 12.1. The fourth-order valence-corrected chi connectivity index (χ4v) is 1.81. The molecule has 1 aliphatic carbocycles. The monoisotopic (exact) mass is 232 g/mol. The van der Waals surface area contributed by atoms with E-state index in [1.807, 2.05) is 12.2 Å². The number of carbonyl (C=O) groups is 1. The molecule has 0 bridgehead atoms. The van der Waals surface area contributed by atoms with Crippen molar-refractivity contribution in [3.63, 3.8) is 0 Å². The third-order valence-corrected chi connectivity index (χ3v) is 2.65. The summed E-state index contributed by atoms with van der Waals surface area (Å²) in [5.74, 6) is -1.84. The van der Waals surface area contributed by atoms with E-state index < -0.39 is 11.5 Å². The third kappa shape index (κ3) is 2.15. The van der Waals surface area contributed by atoms with Crippen molar-refractivity contribution >= 4 is 5.78 Å². The van der Waals surface area contributed by atoms with Gasteiger partial charge in [-0.3, -0.25) is 4.79 Å². The van der Waals surface area contributed by atoms with Gasteiger partial charge < -0.3 is 15.3 Å². The first-order chi connectivity index (χ1) is 8.09. The van der Waals surface area contributed by atoms with Crippen molar-refractivity contribution in [3.8, 4) is 17.2 Å². The number of aromatic hydroxyl groups is 3. The van der Waals surface area contributed by atoms with Gasteiger partial charge in [0.05, 0.1) is 0 Å².